The van der Waals surface area contributed by atoms with Gasteiger partial charge in [0.1, 0.15) is 0 Å². The Balaban J connectivity index is -0.0000000400. The molecule has 0 aromatic rings. The molecule has 0 rings (SSSR count). The molecular weight excluding hydrogens is 299 g/mol. The predicted octanol–water partition coefficient (Wildman–Crippen LogP) is -0.415. The van der Waals surface area contributed by atoms with E-state index in [0.29, 0.717) is 0 Å². The Morgan fingerprint density at radius 1 is 1.00 bits per heavy atom. The molecule has 0 N–H and O–H groups in total. The van der Waals surface area contributed by atoms with Crippen LogP contribution in [0.2, 0.25) is 0 Å². The Labute approximate surface area is 58.5 Å². The topological polar surface area (TPSA) is 105 Å². The van der Waals surface area contributed by atoms with E-state index in [9.17, 15) is 0 Å². The molecule has 6 nitrogen and oxygen atoms in total. The zero-order chi connectivity index (χ0) is 5.41. The number of nitrogens with zero attached hydrogens (tertiary/aromatic N) is 2. The van der Waals surface area contributed by atoms with Crippen molar-refractivity contribution in [3.05, 3.63) is 20.2 Å². The zero-order valence-corrected chi connectivity index (χ0v) is 8.73. The van der Waals surface area contributed by atoms with Crippen molar-refractivity contribution in [1.82, 2.24) is 0 Å². The maximum absolute atomic E-state index is 8.00. The first-order valence-electron chi connectivity index (χ1n) is 0.730. The summed E-state index contributed by atoms with van der Waals surface area (Å²) in [6, 6.07) is 0. The molecule has 0 radical (unpaired) electrons. The molecule has 0 aliphatic carbocycles. The fourth-order valence-electron chi connectivity index (χ4n) is 0. The number of hydrogen-bond donors (Lipinski definition) is 0. The van der Waals surface area contributed by atoms with Gasteiger partial charge in [0.2, 0.25) is 0 Å². The van der Waals surface area contributed by atoms with Crippen molar-refractivity contribution in [2.45, 2.75) is 0 Å². The van der Waals surface area contributed by atoms with E-state index in [2.05, 4.69) is 0 Å². The molecule has 0 aliphatic rings. The third kappa shape index (κ3) is 1030. The molecule has 0 saturated heterocycles. The molecule has 0 fully saturated rings. The van der Waals surface area contributed by atoms with Crippen LogP contribution in [0.5, 0.6) is 0 Å². The Bertz CT molecular complexity index is 30.7. The SMILES string of the molecule is O=N[O-].O=N[O-].[PbH2+2]. The minimum atomic E-state index is 0. The summed E-state index contributed by atoms with van der Waals surface area (Å²) < 4.78 is 0. The summed E-state index contributed by atoms with van der Waals surface area (Å²) in [5.41, 5.74) is 0. The molecular formula is H2N2O4Pb. The van der Waals surface area contributed by atoms with Gasteiger partial charge in [-0.05, 0) is 0 Å². The van der Waals surface area contributed by atoms with E-state index >= 15 is 0 Å². The van der Waals surface area contributed by atoms with E-state index in [4.69, 9.17) is 20.2 Å². The monoisotopic (exact) mass is 302 g/mol. The predicted molar refractivity (Wildman–Crippen MR) is 26.9 cm³/mol. The van der Waals surface area contributed by atoms with Gasteiger partial charge in [0.05, 0.1) is 0 Å². The van der Waals surface area contributed by atoms with Crippen LogP contribution >= 0.6 is 0 Å². The van der Waals surface area contributed by atoms with Gasteiger partial charge in [0.25, 0.3) is 0 Å². The van der Waals surface area contributed by atoms with Crippen molar-refractivity contribution < 1.29 is 0 Å². The average molecular weight is 301 g/mol. The summed E-state index contributed by atoms with van der Waals surface area (Å²) in [4.78, 5) is 16.0. The van der Waals surface area contributed by atoms with Crippen LogP contribution in [-0.2, 0) is 0 Å². The number of hydrogen-bond acceptors (Lipinski definition) is 6. The molecule has 0 spiro atoms. The fourth-order valence-corrected chi connectivity index (χ4v) is 0. The summed E-state index contributed by atoms with van der Waals surface area (Å²) in [6.07, 6.45) is 0. The Morgan fingerprint density at radius 3 is 1.00 bits per heavy atom. The average Bonchev–Trinajstić information content (AvgIpc) is 1.39. The van der Waals surface area contributed by atoms with Gasteiger partial charge < -0.3 is 20.2 Å². The van der Waals surface area contributed by atoms with Crippen LogP contribution < -0.4 is 0 Å². The van der Waals surface area contributed by atoms with Crippen LogP contribution in [0.25, 0.3) is 0 Å². The fraction of sp³-hybridized carbons (Fsp3) is 0. The molecule has 0 aliphatic heterocycles. The van der Waals surface area contributed by atoms with Gasteiger partial charge in [-0.2, -0.15) is 0 Å². The minimum absolute atomic E-state index is 0. The van der Waals surface area contributed by atoms with Gasteiger partial charge >= 0.3 is 27.3 Å². The van der Waals surface area contributed by atoms with Crippen molar-refractivity contribution in [2.24, 2.45) is 10.7 Å². The second-order valence-electron chi connectivity index (χ2n) is 0.149. The van der Waals surface area contributed by atoms with Gasteiger partial charge in [-0.1, -0.05) is 0 Å². The van der Waals surface area contributed by atoms with Crippen LogP contribution in [0, 0.1) is 20.2 Å². The summed E-state index contributed by atoms with van der Waals surface area (Å²) in [7, 11) is 0. The van der Waals surface area contributed by atoms with Crippen molar-refractivity contribution in [3.8, 4) is 0 Å². The molecule has 0 saturated carbocycles. The van der Waals surface area contributed by atoms with Gasteiger partial charge in [-0.15, -0.1) is 10.7 Å². The van der Waals surface area contributed by atoms with Crippen LogP contribution in [-0.4, -0.2) is 27.3 Å². The third-order valence-corrected chi connectivity index (χ3v) is 0. The van der Waals surface area contributed by atoms with Crippen molar-refractivity contribution in [2.75, 3.05) is 0 Å². The maximum atomic E-state index is 8.00. The van der Waals surface area contributed by atoms with Crippen LogP contribution in [0.15, 0.2) is 10.7 Å². The summed E-state index contributed by atoms with van der Waals surface area (Å²) >= 11 is 0. The Hall–Kier alpha value is -0.278. The molecule has 0 atom stereocenters. The van der Waals surface area contributed by atoms with Gasteiger partial charge in [0.15, 0.2) is 0 Å². The summed E-state index contributed by atoms with van der Waals surface area (Å²) in [5, 5.41) is 18.0. The van der Waals surface area contributed by atoms with Gasteiger partial charge in [-0.3, -0.25) is 0 Å². The van der Waals surface area contributed by atoms with Crippen molar-refractivity contribution in [3.63, 3.8) is 0 Å². The second kappa shape index (κ2) is 43.0. The van der Waals surface area contributed by atoms with Gasteiger partial charge in [-0.25, -0.2) is 0 Å². The first-order valence-corrected chi connectivity index (χ1v) is 0.730. The van der Waals surface area contributed by atoms with Crippen LogP contribution in [0.4, 0.5) is 0 Å². The zero-order valence-electron chi connectivity index (χ0n) is 3.23. The molecule has 0 aromatic carbocycles. The molecule has 7 heavy (non-hydrogen) atoms. The van der Waals surface area contributed by atoms with Crippen LogP contribution in [0.3, 0.4) is 0 Å². The Morgan fingerprint density at radius 2 is 1.00 bits per heavy atom. The summed E-state index contributed by atoms with van der Waals surface area (Å²) in [5.74, 6) is 0. The first-order chi connectivity index (χ1) is 2.83. The van der Waals surface area contributed by atoms with Crippen LogP contribution in [0.1, 0.15) is 0 Å². The normalized spacial score (nSPS) is 3.43. The molecule has 7 heteroatoms. The van der Waals surface area contributed by atoms with Crippen molar-refractivity contribution >= 4 is 27.3 Å². The van der Waals surface area contributed by atoms with E-state index in [1.165, 1.54) is 0 Å². The van der Waals surface area contributed by atoms with E-state index < -0.39 is 0 Å². The first kappa shape index (κ1) is 15.9. The standard InChI is InChI=1S/2HNO2.Pb.2H/c2*2-1-3;;;/h2*(H,2,3);;;/q;;+2;;/p-2. The van der Waals surface area contributed by atoms with E-state index in [0.717, 1.165) is 10.7 Å². The number of rotatable bonds is 0. The molecule has 40 valence electrons. The second-order valence-corrected chi connectivity index (χ2v) is 0.149. The summed E-state index contributed by atoms with van der Waals surface area (Å²) in [6.45, 7) is 0. The quantitative estimate of drug-likeness (QED) is 0.344. The molecule has 0 amide bonds. The van der Waals surface area contributed by atoms with E-state index in [-0.39, 0.29) is 27.3 Å². The van der Waals surface area contributed by atoms with Crippen molar-refractivity contribution in [1.29, 1.82) is 0 Å². The van der Waals surface area contributed by atoms with E-state index in [1.54, 1.807) is 0 Å². The Kier molecular flexibility index (Phi) is 97.6. The molecule has 0 aromatic heterocycles. The third-order valence-electron chi connectivity index (χ3n) is 0. The molecule has 0 heterocycles. The molecule has 0 bridgehead atoms. The van der Waals surface area contributed by atoms with Gasteiger partial charge in [0, 0.05) is 0 Å². The molecule has 0 unspecified atom stereocenters. The van der Waals surface area contributed by atoms with E-state index in [1.807, 2.05) is 0 Å².